The Kier molecular flexibility index (Phi) is 7.82. The van der Waals surface area contributed by atoms with Gasteiger partial charge in [0, 0.05) is 6.42 Å². The highest BCUT2D eigenvalue weighted by Crippen LogP contribution is 2.13. The number of aldehydes is 1. The Labute approximate surface area is 110 Å². The Hall–Kier alpha value is -1.41. The lowest BCUT2D eigenvalue weighted by atomic mass is 10.1. The molecule has 1 unspecified atom stereocenters. The summed E-state index contributed by atoms with van der Waals surface area (Å²) in [7, 11) is 0. The number of unbranched alkanes of at least 4 members (excludes halogenated alkanes) is 2. The lowest BCUT2D eigenvalue weighted by Crippen LogP contribution is -2.12. The predicted octanol–water partition coefficient (Wildman–Crippen LogP) is 3.91. The van der Waals surface area contributed by atoms with Crippen molar-refractivity contribution in [2.24, 2.45) is 0 Å². The molecule has 0 saturated heterocycles. The predicted molar refractivity (Wildman–Crippen MR) is 74.4 cm³/mol. The first-order valence-electron chi connectivity index (χ1n) is 6.57. The maximum absolute atomic E-state index is 10.2. The SMILES string of the molecule is C=CCC(CCCCC=O)OCc1ccccc1. The van der Waals surface area contributed by atoms with Crippen LogP contribution < -0.4 is 0 Å². The molecule has 0 radical (unpaired) electrons. The van der Waals surface area contributed by atoms with Crippen LogP contribution in [-0.2, 0) is 16.1 Å². The molecule has 0 heterocycles. The van der Waals surface area contributed by atoms with Crippen LogP contribution in [0, 0.1) is 0 Å². The van der Waals surface area contributed by atoms with Crippen molar-refractivity contribution in [2.75, 3.05) is 0 Å². The Morgan fingerprint density at radius 2 is 2.00 bits per heavy atom. The third-order valence-corrected chi connectivity index (χ3v) is 2.86. The molecule has 0 N–H and O–H groups in total. The van der Waals surface area contributed by atoms with Crippen molar-refractivity contribution >= 4 is 6.29 Å². The van der Waals surface area contributed by atoms with Gasteiger partial charge in [0.2, 0.25) is 0 Å². The molecule has 0 aromatic heterocycles. The van der Waals surface area contributed by atoms with Gasteiger partial charge in [0.25, 0.3) is 0 Å². The zero-order chi connectivity index (χ0) is 13.1. The van der Waals surface area contributed by atoms with Crippen molar-refractivity contribution in [2.45, 2.75) is 44.8 Å². The van der Waals surface area contributed by atoms with E-state index in [9.17, 15) is 4.79 Å². The van der Waals surface area contributed by atoms with Crippen LogP contribution in [0.1, 0.15) is 37.7 Å². The molecule has 0 spiro atoms. The molecule has 1 aromatic carbocycles. The van der Waals surface area contributed by atoms with Gasteiger partial charge >= 0.3 is 0 Å². The molecule has 18 heavy (non-hydrogen) atoms. The molecular formula is C16H22O2. The Balaban J connectivity index is 2.28. The van der Waals surface area contributed by atoms with E-state index >= 15 is 0 Å². The fraction of sp³-hybridized carbons (Fsp3) is 0.438. The zero-order valence-corrected chi connectivity index (χ0v) is 10.9. The molecule has 0 aliphatic heterocycles. The second-order valence-electron chi connectivity index (χ2n) is 4.39. The van der Waals surface area contributed by atoms with Crippen molar-refractivity contribution in [3.8, 4) is 0 Å². The fourth-order valence-electron chi connectivity index (χ4n) is 1.84. The standard InChI is InChI=1S/C16H22O2/c1-2-9-16(12-7-4-8-13-17)18-14-15-10-5-3-6-11-15/h2-3,5-6,10-11,13,16H,1,4,7-9,12,14H2. The smallest absolute Gasteiger partial charge is 0.119 e. The van der Waals surface area contributed by atoms with E-state index in [0.717, 1.165) is 32.0 Å². The third-order valence-electron chi connectivity index (χ3n) is 2.86. The number of carbonyl (C=O) groups is 1. The van der Waals surface area contributed by atoms with Crippen LogP contribution in [0.5, 0.6) is 0 Å². The van der Waals surface area contributed by atoms with Crippen molar-refractivity contribution in [3.05, 3.63) is 48.6 Å². The van der Waals surface area contributed by atoms with Crippen LogP contribution in [0.3, 0.4) is 0 Å². The number of carbonyl (C=O) groups excluding carboxylic acids is 1. The summed E-state index contributed by atoms with van der Waals surface area (Å²) in [5.41, 5.74) is 1.19. The van der Waals surface area contributed by atoms with Gasteiger partial charge in [0.05, 0.1) is 12.7 Å². The molecule has 0 aliphatic carbocycles. The molecule has 0 amide bonds. The minimum absolute atomic E-state index is 0.217. The van der Waals surface area contributed by atoms with Crippen LogP contribution in [0.2, 0.25) is 0 Å². The summed E-state index contributed by atoms with van der Waals surface area (Å²) >= 11 is 0. The van der Waals surface area contributed by atoms with Gasteiger partial charge in [-0.05, 0) is 24.8 Å². The Morgan fingerprint density at radius 1 is 1.22 bits per heavy atom. The van der Waals surface area contributed by atoms with E-state index in [0.29, 0.717) is 13.0 Å². The summed E-state index contributed by atoms with van der Waals surface area (Å²) in [5.74, 6) is 0. The normalized spacial score (nSPS) is 12.0. The van der Waals surface area contributed by atoms with Gasteiger partial charge < -0.3 is 9.53 Å². The molecule has 2 heteroatoms. The average Bonchev–Trinajstić information content (AvgIpc) is 2.42. The highest BCUT2D eigenvalue weighted by molar-refractivity contribution is 5.48. The summed E-state index contributed by atoms with van der Waals surface area (Å²) in [5, 5.41) is 0. The van der Waals surface area contributed by atoms with Gasteiger partial charge in [-0.2, -0.15) is 0 Å². The van der Waals surface area contributed by atoms with E-state index in [4.69, 9.17) is 4.74 Å². The van der Waals surface area contributed by atoms with Crippen LogP contribution in [0.15, 0.2) is 43.0 Å². The van der Waals surface area contributed by atoms with Crippen LogP contribution >= 0.6 is 0 Å². The topological polar surface area (TPSA) is 26.3 Å². The molecule has 1 rings (SSSR count). The van der Waals surface area contributed by atoms with E-state index in [1.807, 2.05) is 24.3 Å². The molecule has 0 fully saturated rings. The first kappa shape index (κ1) is 14.7. The lowest BCUT2D eigenvalue weighted by molar-refractivity contribution is -0.108. The lowest BCUT2D eigenvalue weighted by Gasteiger charge is -2.16. The third kappa shape index (κ3) is 6.36. The van der Waals surface area contributed by atoms with Gasteiger partial charge in [-0.1, -0.05) is 42.8 Å². The average molecular weight is 246 g/mol. The van der Waals surface area contributed by atoms with Crippen molar-refractivity contribution in [1.29, 1.82) is 0 Å². The Morgan fingerprint density at radius 3 is 2.67 bits per heavy atom. The summed E-state index contributed by atoms with van der Waals surface area (Å²) in [6.45, 7) is 4.41. The summed E-state index contributed by atoms with van der Waals surface area (Å²) in [6, 6.07) is 10.2. The maximum atomic E-state index is 10.2. The highest BCUT2D eigenvalue weighted by Gasteiger charge is 2.07. The number of ether oxygens (including phenoxy) is 1. The van der Waals surface area contributed by atoms with Gasteiger partial charge in [0.1, 0.15) is 6.29 Å². The van der Waals surface area contributed by atoms with E-state index in [1.165, 1.54) is 5.56 Å². The molecule has 98 valence electrons. The summed E-state index contributed by atoms with van der Waals surface area (Å²) in [4.78, 5) is 10.2. The molecule has 1 aromatic rings. The number of benzene rings is 1. The van der Waals surface area contributed by atoms with Gasteiger partial charge in [-0.15, -0.1) is 6.58 Å². The molecule has 2 nitrogen and oxygen atoms in total. The van der Waals surface area contributed by atoms with E-state index in [2.05, 4.69) is 18.7 Å². The van der Waals surface area contributed by atoms with Crippen molar-refractivity contribution < 1.29 is 9.53 Å². The summed E-state index contributed by atoms with van der Waals surface area (Å²) in [6.07, 6.45) is 7.59. The van der Waals surface area contributed by atoms with Crippen LogP contribution in [0.25, 0.3) is 0 Å². The highest BCUT2D eigenvalue weighted by atomic mass is 16.5. The van der Waals surface area contributed by atoms with Crippen LogP contribution in [0.4, 0.5) is 0 Å². The zero-order valence-electron chi connectivity index (χ0n) is 10.9. The van der Waals surface area contributed by atoms with E-state index in [1.54, 1.807) is 0 Å². The quantitative estimate of drug-likeness (QED) is 0.355. The van der Waals surface area contributed by atoms with E-state index < -0.39 is 0 Å². The molecule has 0 saturated carbocycles. The Bertz CT molecular complexity index is 332. The first-order chi connectivity index (χ1) is 8.86. The fourth-order valence-corrected chi connectivity index (χ4v) is 1.84. The minimum Gasteiger partial charge on any atom is -0.373 e. The van der Waals surface area contributed by atoms with Crippen molar-refractivity contribution in [3.63, 3.8) is 0 Å². The van der Waals surface area contributed by atoms with Crippen molar-refractivity contribution in [1.82, 2.24) is 0 Å². The minimum atomic E-state index is 0.217. The molecule has 1 atom stereocenters. The van der Waals surface area contributed by atoms with Gasteiger partial charge in [-0.3, -0.25) is 0 Å². The second kappa shape index (κ2) is 9.60. The van der Waals surface area contributed by atoms with E-state index in [-0.39, 0.29) is 6.10 Å². The van der Waals surface area contributed by atoms with Crippen LogP contribution in [-0.4, -0.2) is 12.4 Å². The maximum Gasteiger partial charge on any atom is 0.119 e. The van der Waals surface area contributed by atoms with Gasteiger partial charge in [-0.25, -0.2) is 0 Å². The number of hydrogen-bond donors (Lipinski definition) is 0. The van der Waals surface area contributed by atoms with Gasteiger partial charge in [0.15, 0.2) is 0 Å². The first-order valence-corrected chi connectivity index (χ1v) is 6.57. The summed E-state index contributed by atoms with van der Waals surface area (Å²) < 4.78 is 5.89. The number of hydrogen-bond acceptors (Lipinski definition) is 2. The largest absolute Gasteiger partial charge is 0.373 e. The monoisotopic (exact) mass is 246 g/mol. The molecule has 0 bridgehead atoms. The molecule has 0 aliphatic rings. The second-order valence-corrected chi connectivity index (χ2v) is 4.39. The number of rotatable bonds is 10. The molecular weight excluding hydrogens is 224 g/mol.